The topological polar surface area (TPSA) is 145 Å². The smallest absolute Gasteiger partial charge is 0.274 e. The Labute approximate surface area is 201 Å². The van der Waals surface area contributed by atoms with Crippen molar-refractivity contribution in [2.24, 2.45) is 0 Å². The molecule has 10 nitrogen and oxygen atoms in total. The van der Waals surface area contributed by atoms with Gasteiger partial charge in [-0.25, -0.2) is 9.97 Å². The van der Waals surface area contributed by atoms with Gasteiger partial charge in [-0.05, 0) is 42.7 Å². The molecule has 1 amide bonds. The molecule has 0 aliphatic carbocycles. The molecule has 0 radical (unpaired) electrons. The molecular formula is C25H25N7O3. The lowest BCUT2D eigenvalue weighted by Crippen LogP contribution is -2.28. The predicted molar refractivity (Wildman–Crippen MR) is 131 cm³/mol. The van der Waals surface area contributed by atoms with Gasteiger partial charge in [0.25, 0.3) is 11.5 Å². The number of carbonyl (C=O) groups is 1. The number of rotatable bonds is 5. The van der Waals surface area contributed by atoms with Crippen molar-refractivity contribution >= 4 is 23.2 Å². The van der Waals surface area contributed by atoms with E-state index in [1.54, 1.807) is 36.0 Å². The molecule has 1 aromatic carbocycles. The molecule has 1 atom stereocenters. The highest BCUT2D eigenvalue weighted by atomic mass is 16.3. The van der Waals surface area contributed by atoms with Crippen LogP contribution in [0.1, 0.15) is 40.5 Å². The maximum atomic E-state index is 13.0. The van der Waals surface area contributed by atoms with Gasteiger partial charge in [0.05, 0.1) is 29.1 Å². The van der Waals surface area contributed by atoms with Crippen LogP contribution in [0, 0.1) is 11.3 Å². The minimum atomic E-state index is -0.513. The van der Waals surface area contributed by atoms with Crippen LogP contribution in [-0.4, -0.2) is 45.7 Å². The third kappa shape index (κ3) is 3.70. The normalized spacial score (nSPS) is 17.8. The van der Waals surface area contributed by atoms with Crippen LogP contribution in [0.25, 0.3) is 11.3 Å². The Morgan fingerprint density at radius 1 is 1.37 bits per heavy atom. The number of fused-ring (bicyclic) bond motifs is 2. The Bertz CT molecular complexity index is 1460. The first-order valence-corrected chi connectivity index (χ1v) is 11.4. The van der Waals surface area contributed by atoms with Crippen LogP contribution in [0.5, 0.6) is 0 Å². The molecule has 5 rings (SSSR count). The second-order valence-corrected chi connectivity index (χ2v) is 9.08. The summed E-state index contributed by atoms with van der Waals surface area (Å²) in [6, 6.07) is 9.16. The van der Waals surface area contributed by atoms with E-state index < -0.39 is 5.41 Å². The van der Waals surface area contributed by atoms with Crippen LogP contribution in [0.2, 0.25) is 0 Å². The van der Waals surface area contributed by atoms with E-state index in [1.807, 2.05) is 13.0 Å². The molecule has 3 aromatic rings. The molecule has 4 heterocycles. The first-order valence-electron chi connectivity index (χ1n) is 11.4. The summed E-state index contributed by atoms with van der Waals surface area (Å²) in [5.41, 5.74) is 3.97. The number of nitrogens with zero attached hydrogens (tertiary/aromatic N) is 4. The summed E-state index contributed by atoms with van der Waals surface area (Å²) in [5.74, 6) is -0.0564. The number of carbonyl (C=O) groups excluding carboxylic acids is 1. The minimum absolute atomic E-state index is 0.0617. The van der Waals surface area contributed by atoms with Crippen LogP contribution < -0.4 is 21.5 Å². The standard InChI is InChI=1S/C25H25N7O3/c1-25(13-33)12-29-21-15(11-26)8-14(9-17(21)25)18-5-6-28-24(30-18)31-19-10-16(22(34)27-2)20-4-3-7-32(20)23(19)35/h5-6,8-10,29,33H,3-4,7,12-13H2,1-2H3,(H,27,34)(H,28,30,31). The van der Waals surface area contributed by atoms with Crippen molar-refractivity contribution in [3.8, 4) is 17.3 Å². The summed E-state index contributed by atoms with van der Waals surface area (Å²) in [6.45, 7) is 2.96. The number of hydrogen-bond donors (Lipinski definition) is 4. The van der Waals surface area contributed by atoms with Gasteiger partial charge >= 0.3 is 0 Å². The number of pyridine rings is 1. The second kappa shape index (κ2) is 8.52. The molecule has 0 saturated carbocycles. The van der Waals surface area contributed by atoms with Gasteiger partial charge in [-0.2, -0.15) is 5.26 Å². The fourth-order valence-corrected chi connectivity index (χ4v) is 4.80. The Balaban J connectivity index is 1.55. The summed E-state index contributed by atoms with van der Waals surface area (Å²) in [4.78, 5) is 34.3. The van der Waals surface area contributed by atoms with E-state index in [1.165, 1.54) is 0 Å². The van der Waals surface area contributed by atoms with Crippen molar-refractivity contribution in [3.05, 3.63) is 63.2 Å². The summed E-state index contributed by atoms with van der Waals surface area (Å²) in [5, 5.41) is 28.5. The van der Waals surface area contributed by atoms with Gasteiger partial charge in [-0.3, -0.25) is 9.59 Å². The van der Waals surface area contributed by atoms with Gasteiger partial charge in [0, 0.05) is 43.0 Å². The SMILES string of the molecule is CNC(=O)c1cc(Nc2nccc(-c3cc(C#N)c4c(c3)C(C)(CO)CN4)n2)c(=O)n2c1CCC2. The van der Waals surface area contributed by atoms with Gasteiger partial charge in [0.2, 0.25) is 5.95 Å². The summed E-state index contributed by atoms with van der Waals surface area (Å²) < 4.78 is 1.62. The molecule has 2 aliphatic heterocycles. The lowest BCUT2D eigenvalue weighted by atomic mass is 9.83. The molecule has 35 heavy (non-hydrogen) atoms. The maximum absolute atomic E-state index is 13.0. The molecule has 2 aliphatic rings. The van der Waals surface area contributed by atoms with Crippen molar-refractivity contribution in [1.29, 1.82) is 5.26 Å². The van der Waals surface area contributed by atoms with Gasteiger partial charge in [-0.1, -0.05) is 6.92 Å². The highest BCUT2D eigenvalue weighted by Crippen LogP contribution is 2.41. The first kappa shape index (κ1) is 22.6. The van der Waals surface area contributed by atoms with E-state index in [0.717, 1.165) is 23.4 Å². The van der Waals surface area contributed by atoms with Crippen molar-refractivity contribution in [1.82, 2.24) is 19.9 Å². The number of hydrogen-bond acceptors (Lipinski definition) is 8. The van der Waals surface area contributed by atoms with Crippen molar-refractivity contribution < 1.29 is 9.90 Å². The predicted octanol–water partition coefficient (Wildman–Crippen LogP) is 1.90. The number of nitriles is 1. The Hall–Kier alpha value is -4.23. The highest BCUT2D eigenvalue weighted by Gasteiger charge is 2.36. The molecule has 0 saturated heterocycles. The Morgan fingerprint density at radius 2 is 2.20 bits per heavy atom. The molecular weight excluding hydrogens is 446 g/mol. The van der Waals surface area contributed by atoms with E-state index in [9.17, 15) is 20.0 Å². The van der Waals surface area contributed by atoms with Crippen molar-refractivity contribution in [2.45, 2.75) is 31.7 Å². The van der Waals surface area contributed by atoms with Crippen LogP contribution in [0.4, 0.5) is 17.3 Å². The molecule has 0 fully saturated rings. The number of amides is 1. The molecule has 2 aromatic heterocycles. The average Bonchev–Trinajstić information content (AvgIpc) is 3.51. The highest BCUT2D eigenvalue weighted by molar-refractivity contribution is 5.96. The van der Waals surface area contributed by atoms with Gasteiger partial charge in [0.1, 0.15) is 11.8 Å². The minimum Gasteiger partial charge on any atom is -0.395 e. The summed E-state index contributed by atoms with van der Waals surface area (Å²) in [6.07, 6.45) is 3.04. The zero-order valence-electron chi connectivity index (χ0n) is 19.5. The number of aliphatic hydroxyl groups excluding tert-OH is 1. The second-order valence-electron chi connectivity index (χ2n) is 9.08. The molecule has 4 N–H and O–H groups in total. The molecule has 10 heteroatoms. The molecule has 178 valence electrons. The van der Waals surface area contributed by atoms with Crippen LogP contribution >= 0.6 is 0 Å². The zero-order valence-corrected chi connectivity index (χ0v) is 19.5. The van der Waals surface area contributed by atoms with E-state index in [4.69, 9.17) is 0 Å². The van der Waals surface area contributed by atoms with E-state index in [0.29, 0.717) is 41.9 Å². The van der Waals surface area contributed by atoms with Crippen molar-refractivity contribution in [3.63, 3.8) is 0 Å². The third-order valence-electron chi connectivity index (χ3n) is 6.78. The van der Waals surface area contributed by atoms with E-state index in [-0.39, 0.29) is 29.7 Å². The Kier molecular flexibility index (Phi) is 5.49. The number of anilines is 3. The lowest BCUT2D eigenvalue weighted by Gasteiger charge is -2.21. The zero-order chi connectivity index (χ0) is 24.7. The van der Waals surface area contributed by atoms with Crippen LogP contribution in [0.15, 0.2) is 35.3 Å². The van der Waals surface area contributed by atoms with Crippen LogP contribution in [-0.2, 0) is 18.4 Å². The quantitative estimate of drug-likeness (QED) is 0.442. The number of benzene rings is 1. The number of aliphatic hydroxyl groups is 1. The molecule has 0 spiro atoms. The largest absolute Gasteiger partial charge is 0.395 e. The number of aromatic nitrogens is 3. The Morgan fingerprint density at radius 3 is 2.94 bits per heavy atom. The monoisotopic (exact) mass is 471 g/mol. The van der Waals surface area contributed by atoms with Crippen molar-refractivity contribution in [2.75, 3.05) is 30.8 Å². The lowest BCUT2D eigenvalue weighted by molar-refractivity contribution is 0.0961. The van der Waals surface area contributed by atoms with Gasteiger partial charge < -0.3 is 25.6 Å². The van der Waals surface area contributed by atoms with Gasteiger partial charge in [-0.15, -0.1) is 0 Å². The number of nitrogens with one attached hydrogen (secondary N) is 3. The fraction of sp³-hybridized carbons (Fsp3) is 0.320. The summed E-state index contributed by atoms with van der Waals surface area (Å²) in [7, 11) is 1.56. The first-order chi connectivity index (χ1) is 16.9. The fourth-order valence-electron chi connectivity index (χ4n) is 4.80. The third-order valence-corrected chi connectivity index (χ3v) is 6.78. The average molecular weight is 472 g/mol. The molecule has 0 bridgehead atoms. The van der Waals surface area contributed by atoms with E-state index in [2.05, 4.69) is 32.0 Å². The molecule has 1 unspecified atom stereocenters. The van der Waals surface area contributed by atoms with E-state index >= 15 is 0 Å². The van der Waals surface area contributed by atoms with Crippen LogP contribution in [0.3, 0.4) is 0 Å². The van der Waals surface area contributed by atoms with Gasteiger partial charge in [0.15, 0.2) is 0 Å². The maximum Gasteiger partial charge on any atom is 0.274 e. The summed E-state index contributed by atoms with van der Waals surface area (Å²) >= 11 is 0.